The minimum Gasteiger partial charge on any atom is -0.477 e. The quantitative estimate of drug-likeness (QED) is 0.877. The summed E-state index contributed by atoms with van der Waals surface area (Å²) in [6.07, 6.45) is 7.52. The molecule has 1 aliphatic rings. The molecule has 4 heteroatoms. The molecule has 0 saturated heterocycles. The van der Waals surface area contributed by atoms with E-state index in [0.717, 1.165) is 0 Å². The molecule has 1 heterocycles. The highest BCUT2D eigenvalue weighted by Crippen LogP contribution is 2.25. The fourth-order valence-electron chi connectivity index (χ4n) is 2.30. The van der Waals surface area contributed by atoms with E-state index in [1.54, 1.807) is 0 Å². The van der Waals surface area contributed by atoms with E-state index < -0.39 is 0 Å². The molecule has 0 aromatic carbocycles. The van der Waals surface area contributed by atoms with Gasteiger partial charge in [0.15, 0.2) is 0 Å². The molecule has 0 bridgehead atoms. The normalized spacial score (nSPS) is 17.1. The Balaban J connectivity index is 1.93. The molecule has 1 fully saturated rings. The number of hydrogen-bond donors (Lipinski definition) is 1. The Kier molecular flexibility index (Phi) is 4.31. The third-order valence-corrected chi connectivity index (χ3v) is 3.29. The molecule has 0 atom stereocenters. The third-order valence-electron chi connectivity index (χ3n) is 3.29. The van der Waals surface area contributed by atoms with Gasteiger partial charge in [0.1, 0.15) is 5.82 Å². The molecule has 0 aliphatic heterocycles. The van der Waals surface area contributed by atoms with Crippen molar-refractivity contribution in [2.75, 3.05) is 6.61 Å². The van der Waals surface area contributed by atoms with Crippen LogP contribution in [0, 0.1) is 11.7 Å². The van der Waals surface area contributed by atoms with Crippen LogP contribution in [0.4, 0.5) is 4.39 Å². The molecule has 0 radical (unpaired) electrons. The van der Waals surface area contributed by atoms with Crippen molar-refractivity contribution in [3.8, 4) is 5.88 Å². The first-order chi connectivity index (χ1) is 8.29. The van der Waals surface area contributed by atoms with Crippen LogP contribution < -0.4 is 10.5 Å². The summed E-state index contributed by atoms with van der Waals surface area (Å²) < 4.78 is 18.6. The topological polar surface area (TPSA) is 48.1 Å². The standard InChI is InChI=1S/C13H19FN2O/c14-12-6-11(7-15)13(16-8-12)17-9-10-4-2-1-3-5-10/h6,8,10H,1-5,7,9,15H2. The summed E-state index contributed by atoms with van der Waals surface area (Å²) in [7, 11) is 0. The van der Waals surface area contributed by atoms with Crippen LogP contribution in [0.15, 0.2) is 12.3 Å². The van der Waals surface area contributed by atoms with Crippen LogP contribution in [0.3, 0.4) is 0 Å². The smallest absolute Gasteiger partial charge is 0.218 e. The van der Waals surface area contributed by atoms with E-state index in [4.69, 9.17) is 10.5 Å². The maximum Gasteiger partial charge on any atom is 0.218 e. The van der Waals surface area contributed by atoms with Crippen LogP contribution in [-0.2, 0) is 6.54 Å². The number of hydrogen-bond acceptors (Lipinski definition) is 3. The van der Waals surface area contributed by atoms with E-state index in [2.05, 4.69) is 4.98 Å². The molecule has 3 nitrogen and oxygen atoms in total. The summed E-state index contributed by atoms with van der Waals surface area (Å²) in [4.78, 5) is 3.96. The predicted molar refractivity (Wildman–Crippen MR) is 64.2 cm³/mol. The lowest BCUT2D eigenvalue weighted by Gasteiger charge is -2.21. The molecule has 17 heavy (non-hydrogen) atoms. The van der Waals surface area contributed by atoms with Gasteiger partial charge in [-0.3, -0.25) is 0 Å². The minimum atomic E-state index is -0.365. The van der Waals surface area contributed by atoms with Crippen LogP contribution in [0.1, 0.15) is 37.7 Å². The molecular weight excluding hydrogens is 219 g/mol. The lowest BCUT2D eigenvalue weighted by molar-refractivity contribution is 0.201. The fraction of sp³-hybridized carbons (Fsp3) is 0.615. The molecule has 1 aliphatic carbocycles. The van der Waals surface area contributed by atoms with Gasteiger partial charge >= 0.3 is 0 Å². The van der Waals surface area contributed by atoms with E-state index in [9.17, 15) is 4.39 Å². The fourth-order valence-corrected chi connectivity index (χ4v) is 2.30. The molecule has 0 amide bonds. The average molecular weight is 238 g/mol. The summed E-state index contributed by atoms with van der Waals surface area (Å²) in [6.45, 7) is 0.927. The molecule has 0 spiro atoms. The SMILES string of the molecule is NCc1cc(F)cnc1OCC1CCCCC1. The summed E-state index contributed by atoms with van der Waals surface area (Å²) in [5.41, 5.74) is 6.18. The first kappa shape index (κ1) is 12.3. The largest absolute Gasteiger partial charge is 0.477 e. The Morgan fingerprint density at radius 1 is 1.35 bits per heavy atom. The molecule has 0 unspecified atom stereocenters. The Bertz CT molecular complexity index is 364. The van der Waals surface area contributed by atoms with Crippen LogP contribution in [0.25, 0.3) is 0 Å². The zero-order valence-electron chi connectivity index (χ0n) is 9.99. The number of ether oxygens (including phenoxy) is 1. The van der Waals surface area contributed by atoms with Crippen LogP contribution in [0.2, 0.25) is 0 Å². The van der Waals surface area contributed by atoms with Crippen molar-refractivity contribution < 1.29 is 9.13 Å². The van der Waals surface area contributed by atoms with Crippen molar-refractivity contribution in [2.45, 2.75) is 38.6 Å². The van der Waals surface area contributed by atoms with Gasteiger partial charge in [-0.2, -0.15) is 0 Å². The number of halogens is 1. The van der Waals surface area contributed by atoms with Crippen molar-refractivity contribution in [3.63, 3.8) is 0 Å². The zero-order chi connectivity index (χ0) is 12.1. The first-order valence-corrected chi connectivity index (χ1v) is 6.27. The number of nitrogens with two attached hydrogens (primary N) is 1. The van der Waals surface area contributed by atoms with Crippen molar-refractivity contribution in [3.05, 3.63) is 23.6 Å². The Labute approximate surface area is 101 Å². The Morgan fingerprint density at radius 2 is 2.12 bits per heavy atom. The number of pyridine rings is 1. The van der Waals surface area contributed by atoms with E-state index in [1.807, 2.05) is 0 Å². The third kappa shape index (κ3) is 3.40. The van der Waals surface area contributed by atoms with E-state index in [-0.39, 0.29) is 12.4 Å². The number of aromatic nitrogens is 1. The second-order valence-electron chi connectivity index (χ2n) is 4.64. The molecule has 1 aromatic heterocycles. The van der Waals surface area contributed by atoms with E-state index >= 15 is 0 Å². The number of nitrogens with zero attached hydrogens (tertiary/aromatic N) is 1. The molecular formula is C13H19FN2O. The van der Waals surface area contributed by atoms with Gasteiger partial charge in [-0.25, -0.2) is 9.37 Å². The van der Waals surface area contributed by atoms with Crippen LogP contribution >= 0.6 is 0 Å². The molecule has 2 N–H and O–H groups in total. The molecule has 1 aromatic rings. The average Bonchev–Trinajstić information content (AvgIpc) is 2.38. The maximum atomic E-state index is 13.0. The van der Waals surface area contributed by atoms with Gasteiger partial charge in [0.25, 0.3) is 0 Å². The molecule has 1 saturated carbocycles. The molecule has 94 valence electrons. The predicted octanol–water partition coefficient (Wildman–Crippen LogP) is 2.64. The highest BCUT2D eigenvalue weighted by Gasteiger charge is 2.15. The summed E-state index contributed by atoms with van der Waals surface area (Å²) >= 11 is 0. The summed E-state index contributed by atoms with van der Waals surface area (Å²) in [5, 5.41) is 0. The summed E-state index contributed by atoms with van der Waals surface area (Å²) in [6, 6.07) is 1.39. The monoisotopic (exact) mass is 238 g/mol. The molecule has 2 rings (SSSR count). The van der Waals surface area contributed by atoms with Crippen molar-refractivity contribution >= 4 is 0 Å². The Hall–Kier alpha value is -1.16. The minimum absolute atomic E-state index is 0.255. The van der Waals surface area contributed by atoms with E-state index in [1.165, 1.54) is 44.4 Å². The Morgan fingerprint density at radius 3 is 2.82 bits per heavy atom. The van der Waals surface area contributed by atoms with Crippen LogP contribution in [-0.4, -0.2) is 11.6 Å². The van der Waals surface area contributed by atoms with Crippen molar-refractivity contribution in [1.82, 2.24) is 4.98 Å². The van der Waals surface area contributed by atoms with Gasteiger partial charge in [0.05, 0.1) is 12.8 Å². The van der Waals surface area contributed by atoms with Gasteiger partial charge in [0.2, 0.25) is 5.88 Å². The zero-order valence-corrected chi connectivity index (χ0v) is 9.99. The van der Waals surface area contributed by atoms with Gasteiger partial charge in [-0.15, -0.1) is 0 Å². The lowest BCUT2D eigenvalue weighted by Crippen LogP contribution is -2.16. The van der Waals surface area contributed by atoms with Gasteiger partial charge in [0, 0.05) is 12.1 Å². The highest BCUT2D eigenvalue weighted by atomic mass is 19.1. The van der Waals surface area contributed by atoms with Gasteiger partial charge in [-0.05, 0) is 24.8 Å². The van der Waals surface area contributed by atoms with Gasteiger partial charge < -0.3 is 10.5 Å². The highest BCUT2D eigenvalue weighted by molar-refractivity contribution is 5.25. The summed E-state index contributed by atoms with van der Waals surface area (Å²) in [5.74, 6) is 0.733. The maximum absolute atomic E-state index is 13.0. The second-order valence-corrected chi connectivity index (χ2v) is 4.64. The van der Waals surface area contributed by atoms with E-state index in [0.29, 0.717) is 24.0 Å². The lowest BCUT2D eigenvalue weighted by atomic mass is 9.90. The van der Waals surface area contributed by atoms with Crippen molar-refractivity contribution in [2.24, 2.45) is 11.7 Å². The van der Waals surface area contributed by atoms with Crippen molar-refractivity contribution in [1.29, 1.82) is 0 Å². The second kappa shape index (κ2) is 5.96. The van der Waals surface area contributed by atoms with Crippen LogP contribution in [0.5, 0.6) is 5.88 Å². The van der Waals surface area contributed by atoms with Gasteiger partial charge in [-0.1, -0.05) is 19.3 Å². The first-order valence-electron chi connectivity index (χ1n) is 6.27. The number of rotatable bonds is 4.